The summed E-state index contributed by atoms with van der Waals surface area (Å²) in [6.45, 7) is 2.57. The zero-order chi connectivity index (χ0) is 9.97. The van der Waals surface area contributed by atoms with E-state index in [1.165, 1.54) is 43.9 Å². The van der Waals surface area contributed by atoms with Crippen LogP contribution in [0, 0.1) is 0 Å². The molecule has 0 unspecified atom stereocenters. The van der Waals surface area contributed by atoms with Gasteiger partial charge in [0.15, 0.2) is 0 Å². The number of piperidine rings is 1. The minimum absolute atomic E-state index is 0.856. The average Bonchev–Trinajstić information content (AvgIpc) is 2.71. The second-order valence-electron chi connectivity index (χ2n) is 4.72. The predicted octanol–water partition coefficient (Wildman–Crippen LogP) is 1.52. The van der Waals surface area contributed by atoms with Gasteiger partial charge in [0.1, 0.15) is 0 Å². The van der Waals surface area contributed by atoms with Gasteiger partial charge in [-0.2, -0.15) is 11.8 Å². The van der Waals surface area contributed by atoms with E-state index in [0.29, 0.717) is 0 Å². The van der Waals surface area contributed by atoms with Gasteiger partial charge < -0.3 is 4.90 Å². The Hall–Kier alpha value is 0.270. The van der Waals surface area contributed by atoms with Crippen molar-refractivity contribution in [2.24, 2.45) is 0 Å². The Labute approximate surface area is 92.0 Å². The van der Waals surface area contributed by atoms with E-state index >= 15 is 0 Å². The van der Waals surface area contributed by atoms with Crippen molar-refractivity contribution in [2.75, 3.05) is 38.7 Å². The SMILES string of the molecule is CN1CCC(N(C)[C@H]2CCSC2)CC1. The number of hydrogen-bond acceptors (Lipinski definition) is 3. The standard InChI is InChI=1S/C11H22N2S/c1-12-6-3-10(4-7-12)13(2)11-5-8-14-9-11/h10-11H,3-9H2,1-2H3/t11-/m0/s1. The van der Waals surface area contributed by atoms with Gasteiger partial charge in [0.2, 0.25) is 0 Å². The topological polar surface area (TPSA) is 6.48 Å². The molecule has 3 heteroatoms. The monoisotopic (exact) mass is 214 g/mol. The summed E-state index contributed by atoms with van der Waals surface area (Å²) in [7, 11) is 4.58. The van der Waals surface area contributed by atoms with Crippen molar-refractivity contribution in [1.82, 2.24) is 9.80 Å². The summed E-state index contributed by atoms with van der Waals surface area (Å²) in [5, 5.41) is 0. The van der Waals surface area contributed by atoms with Crippen LogP contribution in [0.25, 0.3) is 0 Å². The van der Waals surface area contributed by atoms with Crippen LogP contribution in [0.2, 0.25) is 0 Å². The molecule has 0 radical (unpaired) electrons. The molecule has 82 valence electrons. The molecule has 0 bridgehead atoms. The van der Waals surface area contributed by atoms with Crippen LogP contribution in [0.3, 0.4) is 0 Å². The average molecular weight is 214 g/mol. The highest BCUT2D eigenvalue weighted by molar-refractivity contribution is 7.99. The summed E-state index contributed by atoms with van der Waals surface area (Å²) in [6, 6.07) is 1.73. The number of nitrogens with zero attached hydrogens (tertiary/aromatic N) is 2. The fraction of sp³-hybridized carbons (Fsp3) is 1.00. The molecule has 2 saturated heterocycles. The highest BCUT2D eigenvalue weighted by Crippen LogP contribution is 2.25. The van der Waals surface area contributed by atoms with E-state index in [0.717, 1.165) is 12.1 Å². The van der Waals surface area contributed by atoms with Crippen LogP contribution >= 0.6 is 11.8 Å². The maximum Gasteiger partial charge on any atom is 0.0194 e. The Balaban J connectivity index is 1.82. The van der Waals surface area contributed by atoms with Crippen molar-refractivity contribution in [3.63, 3.8) is 0 Å². The minimum atomic E-state index is 0.856. The number of thioether (sulfide) groups is 1. The molecule has 1 atom stereocenters. The quantitative estimate of drug-likeness (QED) is 0.688. The molecule has 0 spiro atoms. The Bertz CT molecular complexity index is 172. The fourth-order valence-electron chi connectivity index (χ4n) is 2.54. The van der Waals surface area contributed by atoms with E-state index in [1.54, 1.807) is 0 Å². The van der Waals surface area contributed by atoms with Crippen LogP contribution < -0.4 is 0 Å². The zero-order valence-corrected chi connectivity index (χ0v) is 10.2. The maximum atomic E-state index is 2.66. The van der Waals surface area contributed by atoms with Gasteiger partial charge >= 0.3 is 0 Å². The van der Waals surface area contributed by atoms with E-state index in [2.05, 4.69) is 35.7 Å². The van der Waals surface area contributed by atoms with Crippen molar-refractivity contribution in [3.05, 3.63) is 0 Å². The zero-order valence-electron chi connectivity index (χ0n) is 9.41. The van der Waals surface area contributed by atoms with E-state index in [1.807, 2.05) is 0 Å². The maximum absolute atomic E-state index is 2.66. The molecule has 2 fully saturated rings. The van der Waals surface area contributed by atoms with Gasteiger partial charge in [0.05, 0.1) is 0 Å². The van der Waals surface area contributed by atoms with Crippen molar-refractivity contribution >= 4 is 11.8 Å². The molecule has 0 aromatic carbocycles. The lowest BCUT2D eigenvalue weighted by atomic mass is 10.0. The van der Waals surface area contributed by atoms with Crippen molar-refractivity contribution in [2.45, 2.75) is 31.3 Å². The Morgan fingerprint density at radius 3 is 2.43 bits per heavy atom. The van der Waals surface area contributed by atoms with Crippen LogP contribution in [-0.2, 0) is 0 Å². The molecule has 0 N–H and O–H groups in total. The van der Waals surface area contributed by atoms with Crippen LogP contribution in [0.15, 0.2) is 0 Å². The summed E-state index contributed by atoms with van der Waals surface area (Å²) in [5.41, 5.74) is 0. The van der Waals surface area contributed by atoms with E-state index in [4.69, 9.17) is 0 Å². The van der Waals surface area contributed by atoms with Crippen molar-refractivity contribution in [3.8, 4) is 0 Å². The van der Waals surface area contributed by atoms with Gasteiger partial charge in [-0.3, -0.25) is 4.90 Å². The van der Waals surface area contributed by atoms with E-state index in [9.17, 15) is 0 Å². The van der Waals surface area contributed by atoms with Crippen LogP contribution in [0.4, 0.5) is 0 Å². The predicted molar refractivity (Wildman–Crippen MR) is 64.0 cm³/mol. The lowest BCUT2D eigenvalue weighted by molar-refractivity contribution is 0.116. The van der Waals surface area contributed by atoms with Crippen molar-refractivity contribution < 1.29 is 0 Å². The molecule has 0 aliphatic carbocycles. The lowest BCUT2D eigenvalue weighted by Crippen LogP contribution is -2.46. The molecule has 14 heavy (non-hydrogen) atoms. The van der Waals surface area contributed by atoms with Crippen molar-refractivity contribution in [1.29, 1.82) is 0 Å². The summed E-state index contributed by atoms with van der Waals surface area (Å²) in [6.07, 6.45) is 4.15. The minimum Gasteiger partial charge on any atom is -0.306 e. The Morgan fingerprint density at radius 2 is 1.86 bits per heavy atom. The van der Waals surface area contributed by atoms with Crippen LogP contribution in [0.5, 0.6) is 0 Å². The van der Waals surface area contributed by atoms with Gasteiger partial charge in [0.25, 0.3) is 0 Å². The molecule has 2 aliphatic heterocycles. The highest BCUT2D eigenvalue weighted by atomic mass is 32.2. The third-order valence-corrected chi connectivity index (χ3v) is 4.89. The van der Waals surface area contributed by atoms with E-state index in [-0.39, 0.29) is 0 Å². The van der Waals surface area contributed by atoms with Gasteiger partial charge in [-0.1, -0.05) is 0 Å². The first-order valence-electron chi connectivity index (χ1n) is 5.75. The summed E-state index contributed by atoms with van der Waals surface area (Å²) in [5.74, 6) is 2.74. The third-order valence-electron chi connectivity index (χ3n) is 3.75. The molecular formula is C11H22N2S. The highest BCUT2D eigenvalue weighted by Gasteiger charge is 2.27. The first-order valence-corrected chi connectivity index (χ1v) is 6.91. The second kappa shape index (κ2) is 4.86. The van der Waals surface area contributed by atoms with E-state index < -0.39 is 0 Å². The number of rotatable bonds is 2. The normalized spacial score (nSPS) is 31.5. The molecule has 2 aliphatic rings. The third kappa shape index (κ3) is 2.44. The molecule has 0 amide bonds. The molecule has 2 rings (SSSR count). The fourth-order valence-corrected chi connectivity index (χ4v) is 3.82. The lowest BCUT2D eigenvalue weighted by Gasteiger charge is -2.38. The Kier molecular flexibility index (Phi) is 3.74. The molecule has 0 saturated carbocycles. The van der Waals surface area contributed by atoms with Crippen LogP contribution in [-0.4, -0.2) is 60.6 Å². The van der Waals surface area contributed by atoms with Gasteiger partial charge in [-0.15, -0.1) is 0 Å². The number of hydrogen-bond donors (Lipinski definition) is 0. The second-order valence-corrected chi connectivity index (χ2v) is 5.87. The Morgan fingerprint density at radius 1 is 1.14 bits per heavy atom. The summed E-state index contributed by atoms with van der Waals surface area (Å²) >= 11 is 2.12. The van der Waals surface area contributed by atoms with Gasteiger partial charge in [-0.25, -0.2) is 0 Å². The largest absolute Gasteiger partial charge is 0.306 e. The smallest absolute Gasteiger partial charge is 0.0194 e. The summed E-state index contributed by atoms with van der Waals surface area (Å²) in [4.78, 5) is 5.11. The molecule has 0 aromatic rings. The first kappa shape index (κ1) is 10.8. The van der Waals surface area contributed by atoms with Gasteiger partial charge in [-0.05, 0) is 52.2 Å². The molecule has 0 aromatic heterocycles. The van der Waals surface area contributed by atoms with Gasteiger partial charge in [0, 0.05) is 17.8 Å². The first-order chi connectivity index (χ1) is 6.77. The molecular weight excluding hydrogens is 192 g/mol. The molecule has 2 heterocycles. The summed E-state index contributed by atoms with van der Waals surface area (Å²) < 4.78 is 0. The molecule has 2 nitrogen and oxygen atoms in total. The number of likely N-dealkylation sites (tertiary alicyclic amines) is 1. The van der Waals surface area contributed by atoms with Crippen LogP contribution in [0.1, 0.15) is 19.3 Å².